The van der Waals surface area contributed by atoms with Crippen LogP contribution in [0.4, 0.5) is 5.13 Å². The van der Waals surface area contributed by atoms with Crippen LogP contribution in [0.2, 0.25) is 0 Å². The number of carbonyl (C=O) groups excluding carboxylic acids is 1. The third-order valence-corrected chi connectivity index (χ3v) is 5.34. The minimum absolute atomic E-state index is 0.212. The average Bonchev–Trinajstić information content (AvgIpc) is 3.30. The van der Waals surface area contributed by atoms with Gasteiger partial charge in [-0.25, -0.2) is 14.6 Å². The van der Waals surface area contributed by atoms with Gasteiger partial charge in [-0.2, -0.15) is 5.10 Å². The molecular weight excluding hydrogens is 370 g/mol. The number of thiazole rings is 1. The Morgan fingerprint density at radius 3 is 2.79 bits per heavy atom. The average molecular weight is 392 g/mol. The second-order valence-corrected chi connectivity index (χ2v) is 7.99. The van der Waals surface area contributed by atoms with Crippen LogP contribution in [0.25, 0.3) is 22.3 Å². The van der Waals surface area contributed by atoms with Crippen LogP contribution in [-0.2, 0) is 0 Å². The first-order valence-electron chi connectivity index (χ1n) is 9.10. The van der Waals surface area contributed by atoms with Gasteiger partial charge in [0, 0.05) is 28.6 Å². The molecule has 0 aliphatic heterocycles. The van der Waals surface area contributed by atoms with E-state index in [-0.39, 0.29) is 11.9 Å². The van der Waals surface area contributed by atoms with E-state index in [0.717, 1.165) is 27.9 Å². The normalized spacial score (nSPS) is 11.3. The lowest BCUT2D eigenvalue weighted by atomic mass is 10.0. The number of amides is 1. The molecule has 0 spiro atoms. The SMILES string of the molecule is Cc1ccc(C)c(-c2csc(NC(=O)c3cnc4c(cnn4C(C)C)c3)n2)c1. The number of aromatic nitrogens is 4. The Kier molecular flexibility index (Phi) is 4.68. The Morgan fingerprint density at radius 2 is 2.00 bits per heavy atom. The number of hydrogen-bond acceptors (Lipinski definition) is 5. The summed E-state index contributed by atoms with van der Waals surface area (Å²) in [6, 6.07) is 8.30. The zero-order chi connectivity index (χ0) is 19.8. The lowest BCUT2D eigenvalue weighted by Gasteiger charge is -2.06. The summed E-state index contributed by atoms with van der Waals surface area (Å²) < 4.78 is 1.84. The summed E-state index contributed by atoms with van der Waals surface area (Å²) in [6.07, 6.45) is 3.32. The predicted octanol–water partition coefficient (Wildman–Crippen LogP) is 5.00. The van der Waals surface area contributed by atoms with Crippen LogP contribution in [0, 0.1) is 13.8 Å². The van der Waals surface area contributed by atoms with Crippen molar-refractivity contribution in [2.75, 3.05) is 5.32 Å². The Labute approximate surface area is 167 Å². The molecule has 4 rings (SSSR count). The van der Waals surface area contributed by atoms with Crippen LogP contribution in [0.1, 0.15) is 41.4 Å². The Morgan fingerprint density at radius 1 is 1.18 bits per heavy atom. The number of fused-ring (bicyclic) bond motifs is 1. The molecule has 0 unspecified atom stereocenters. The molecule has 7 heteroatoms. The summed E-state index contributed by atoms with van der Waals surface area (Å²) in [6.45, 7) is 8.21. The van der Waals surface area contributed by atoms with Crippen LogP contribution in [0.3, 0.4) is 0 Å². The molecule has 0 saturated carbocycles. The number of nitrogens with one attached hydrogen (secondary N) is 1. The third-order valence-electron chi connectivity index (χ3n) is 4.58. The van der Waals surface area contributed by atoms with Crippen LogP contribution < -0.4 is 5.32 Å². The highest BCUT2D eigenvalue weighted by molar-refractivity contribution is 7.14. The summed E-state index contributed by atoms with van der Waals surface area (Å²) in [5.74, 6) is -0.228. The standard InChI is InChI=1S/C21H21N5OS/c1-12(2)26-19-15(10-23-26)8-16(9-22-19)20(27)25-21-24-18(11-28-21)17-7-13(3)5-6-14(17)4/h5-12H,1-4H3,(H,24,25,27). The number of aryl methyl sites for hydroxylation is 2. The fourth-order valence-electron chi connectivity index (χ4n) is 3.08. The molecule has 0 fully saturated rings. The van der Waals surface area contributed by atoms with Gasteiger partial charge < -0.3 is 0 Å². The van der Waals surface area contributed by atoms with Crippen molar-refractivity contribution in [3.05, 3.63) is 58.7 Å². The van der Waals surface area contributed by atoms with Gasteiger partial charge in [-0.05, 0) is 45.4 Å². The summed E-state index contributed by atoms with van der Waals surface area (Å²) in [7, 11) is 0. The van der Waals surface area contributed by atoms with Crippen LogP contribution in [0.15, 0.2) is 42.0 Å². The van der Waals surface area contributed by atoms with Crippen molar-refractivity contribution >= 4 is 33.4 Å². The smallest absolute Gasteiger partial charge is 0.259 e. The minimum Gasteiger partial charge on any atom is -0.298 e. The topological polar surface area (TPSA) is 72.7 Å². The maximum Gasteiger partial charge on any atom is 0.259 e. The molecule has 0 aliphatic rings. The number of nitrogens with zero attached hydrogens (tertiary/aromatic N) is 4. The van der Waals surface area contributed by atoms with Crippen LogP contribution in [-0.4, -0.2) is 25.7 Å². The van der Waals surface area contributed by atoms with Crippen molar-refractivity contribution in [1.82, 2.24) is 19.7 Å². The molecule has 142 valence electrons. The zero-order valence-electron chi connectivity index (χ0n) is 16.2. The summed E-state index contributed by atoms with van der Waals surface area (Å²) in [5.41, 5.74) is 5.55. The maximum atomic E-state index is 12.7. The molecule has 0 atom stereocenters. The molecule has 1 amide bonds. The number of benzene rings is 1. The van der Waals surface area contributed by atoms with Crippen LogP contribution >= 0.6 is 11.3 Å². The zero-order valence-corrected chi connectivity index (χ0v) is 17.0. The van der Waals surface area contributed by atoms with E-state index < -0.39 is 0 Å². The summed E-state index contributed by atoms with van der Waals surface area (Å²) in [4.78, 5) is 21.7. The highest BCUT2D eigenvalue weighted by Crippen LogP contribution is 2.28. The molecule has 28 heavy (non-hydrogen) atoms. The number of carbonyl (C=O) groups is 1. The van der Waals surface area contributed by atoms with Gasteiger partial charge in [0.05, 0.1) is 17.5 Å². The monoisotopic (exact) mass is 391 g/mol. The minimum atomic E-state index is -0.228. The first-order chi connectivity index (χ1) is 13.4. The Bertz CT molecular complexity index is 1170. The molecule has 1 N–H and O–H groups in total. The van der Waals surface area contributed by atoms with E-state index in [1.807, 2.05) is 30.0 Å². The lowest BCUT2D eigenvalue weighted by molar-refractivity contribution is 0.102. The Balaban J connectivity index is 1.56. The number of hydrogen-bond donors (Lipinski definition) is 1. The molecule has 0 radical (unpaired) electrons. The fraction of sp³-hybridized carbons (Fsp3) is 0.238. The highest BCUT2D eigenvalue weighted by Gasteiger charge is 2.14. The molecule has 1 aromatic carbocycles. The van der Waals surface area contributed by atoms with Gasteiger partial charge in [0.2, 0.25) is 0 Å². The van der Waals surface area contributed by atoms with Gasteiger partial charge in [0.25, 0.3) is 5.91 Å². The molecule has 3 aromatic heterocycles. The summed E-state index contributed by atoms with van der Waals surface area (Å²) in [5, 5.41) is 10.6. The fourth-order valence-corrected chi connectivity index (χ4v) is 3.78. The van der Waals surface area contributed by atoms with Crippen molar-refractivity contribution in [2.45, 2.75) is 33.7 Å². The second-order valence-electron chi connectivity index (χ2n) is 7.13. The highest BCUT2D eigenvalue weighted by atomic mass is 32.1. The van der Waals surface area contributed by atoms with Gasteiger partial charge >= 0.3 is 0 Å². The first kappa shape index (κ1) is 18.3. The molecule has 6 nitrogen and oxygen atoms in total. The van der Waals surface area contributed by atoms with Gasteiger partial charge in [-0.3, -0.25) is 10.1 Å². The predicted molar refractivity (Wildman–Crippen MR) is 113 cm³/mol. The van der Waals surface area contributed by atoms with E-state index in [9.17, 15) is 4.79 Å². The van der Waals surface area contributed by atoms with Crippen molar-refractivity contribution in [3.8, 4) is 11.3 Å². The number of rotatable bonds is 4. The van der Waals surface area contributed by atoms with Gasteiger partial charge in [-0.15, -0.1) is 11.3 Å². The maximum absolute atomic E-state index is 12.7. The molecule has 0 bridgehead atoms. The Hall–Kier alpha value is -3.06. The molecular formula is C21H21N5OS. The van der Waals surface area contributed by atoms with Gasteiger partial charge in [0.15, 0.2) is 10.8 Å². The van der Waals surface area contributed by atoms with Gasteiger partial charge in [-0.1, -0.05) is 17.7 Å². The summed E-state index contributed by atoms with van der Waals surface area (Å²) >= 11 is 1.41. The van der Waals surface area contributed by atoms with E-state index in [1.165, 1.54) is 16.9 Å². The van der Waals surface area contributed by atoms with E-state index >= 15 is 0 Å². The van der Waals surface area contributed by atoms with E-state index in [2.05, 4.69) is 52.4 Å². The quantitative estimate of drug-likeness (QED) is 0.531. The molecule has 3 heterocycles. The molecule has 0 aliphatic carbocycles. The van der Waals surface area contributed by atoms with Crippen molar-refractivity contribution < 1.29 is 4.79 Å². The number of pyridine rings is 1. The van der Waals surface area contributed by atoms with E-state index in [1.54, 1.807) is 12.4 Å². The lowest BCUT2D eigenvalue weighted by Crippen LogP contribution is -2.12. The van der Waals surface area contributed by atoms with E-state index in [0.29, 0.717) is 10.7 Å². The van der Waals surface area contributed by atoms with Crippen LogP contribution in [0.5, 0.6) is 0 Å². The number of anilines is 1. The third kappa shape index (κ3) is 3.41. The van der Waals surface area contributed by atoms with Crippen molar-refractivity contribution in [1.29, 1.82) is 0 Å². The van der Waals surface area contributed by atoms with Gasteiger partial charge in [0.1, 0.15) is 0 Å². The first-order valence-corrected chi connectivity index (χ1v) is 9.98. The molecule has 4 aromatic rings. The van der Waals surface area contributed by atoms with Crippen molar-refractivity contribution in [2.24, 2.45) is 0 Å². The van der Waals surface area contributed by atoms with Crippen molar-refractivity contribution in [3.63, 3.8) is 0 Å². The van der Waals surface area contributed by atoms with E-state index in [4.69, 9.17) is 0 Å². The second kappa shape index (κ2) is 7.16. The largest absolute Gasteiger partial charge is 0.298 e. The molecule has 0 saturated heterocycles.